The lowest BCUT2D eigenvalue weighted by molar-refractivity contribution is -0.139. The van der Waals surface area contributed by atoms with Crippen LogP contribution >= 0.6 is 11.6 Å². The molecule has 1 atom stereocenters. The smallest absolute Gasteiger partial charge is 0.305 e. The van der Waals surface area contributed by atoms with E-state index in [2.05, 4.69) is 5.32 Å². The highest BCUT2D eigenvalue weighted by Crippen LogP contribution is 2.24. The van der Waals surface area contributed by atoms with Gasteiger partial charge in [-0.3, -0.25) is 9.59 Å². The molecule has 0 aromatic heterocycles. The van der Waals surface area contributed by atoms with Crippen molar-refractivity contribution in [3.05, 3.63) is 34.6 Å². The number of ether oxygens (including phenoxy) is 1. The van der Waals surface area contributed by atoms with Gasteiger partial charge < -0.3 is 15.2 Å². The van der Waals surface area contributed by atoms with Crippen molar-refractivity contribution < 1.29 is 23.8 Å². The molecule has 1 aliphatic rings. The van der Waals surface area contributed by atoms with Gasteiger partial charge in [-0.2, -0.15) is 0 Å². The molecule has 0 saturated carbocycles. The summed E-state index contributed by atoms with van der Waals surface area (Å²) in [6, 6.07) is 4.18. The van der Waals surface area contributed by atoms with Crippen molar-refractivity contribution in [3.63, 3.8) is 0 Å². The van der Waals surface area contributed by atoms with E-state index in [4.69, 9.17) is 21.4 Å². The Kier molecular flexibility index (Phi) is 4.80. The average Bonchev–Trinajstić information content (AvgIpc) is 2.81. The molecule has 0 radical (unpaired) electrons. The second-order valence-electron chi connectivity index (χ2n) is 5.08. The molecule has 0 spiro atoms. The minimum absolute atomic E-state index is 0.0982. The van der Waals surface area contributed by atoms with E-state index in [9.17, 15) is 14.0 Å². The number of amides is 1. The van der Waals surface area contributed by atoms with Crippen LogP contribution in [0.4, 0.5) is 4.39 Å². The van der Waals surface area contributed by atoms with Gasteiger partial charge in [0.1, 0.15) is 5.82 Å². The number of benzene rings is 1. The molecule has 0 bridgehead atoms. The van der Waals surface area contributed by atoms with Crippen LogP contribution in [0.2, 0.25) is 5.02 Å². The molecule has 1 aromatic rings. The topological polar surface area (TPSA) is 75.6 Å². The van der Waals surface area contributed by atoms with E-state index in [1.807, 2.05) is 0 Å². The molecule has 0 aliphatic carbocycles. The van der Waals surface area contributed by atoms with Crippen molar-refractivity contribution >= 4 is 23.5 Å². The second kappa shape index (κ2) is 6.41. The molecule has 1 amide bonds. The van der Waals surface area contributed by atoms with E-state index < -0.39 is 23.2 Å². The summed E-state index contributed by atoms with van der Waals surface area (Å²) in [5.74, 6) is -2.06. The molecule has 2 rings (SSSR count). The Morgan fingerprint density at radius 3 is 2.81 bits per heavy atom. The van der Waals surface area contributed by atoms with Crippen molar-refractivity contribution in [1.29, 1.82) is 0 Å². The first-order valence-corrected chi connectivity index (χ1v) is 6.83. The highest BCUT2D eigenvalue weighted by Gasteiger charge is 2.38. The van der Waals surface area contributed by atoms with Crippen molar-refractivity contribution in [3.8, 4) is 0 Å². The molecule has 114 valence electrons. The van der Waals surface area contributed by atoms with Crippen molar-refractivity contribution in [1.82, 2.24) is 5.32 Å². The number of carbonyl (C=O) groups is 2. The number of halogens is 2. The van der Waals surface area contributed by atoms with E-state index in [0.717, 1.165) is 0 Å². The zero-order valence-corrected chi connectivity index (χ0v) is 12.0. The summed E-state index contributed by atoms with van der Waals surface area (Å²) in [5.41, 5.74) is -0.832. The molecule has 2 N–H and O–H groups in total. The Bertz CT molecular complexity index is 538. The van der Waals surface area contributed by atoms with Crippen molar-refractivity contribution in [2.45, 2.75) is 24.8 Å². The number of aliphatic carboxylic acids is 1. The minimum Gasteiger partial charge on any atom is -0.481 e. The van der Waals surface area contributed by atoms with Gasteiger partial charge in [0.25, 0.3) is 0 Å². The first-order chi connectivity index (χ1) is 9.92. The van der Waals surface area contributed by atoms with Gasteiger partial charge in [-0.05, 0) is 18.6 Å². The maximum Gasteiger partial charge on any atom is 0.305 e. The third kappa shape index (κ3) is 3.92. The fourth-order valence-corrected chi connectivity index (χ4v) is 2.61. The number of rotatable bonds is 5. The molecule has 5 nitrogen and oxygen atoms in total. The third-order valence-electron chi connectivity index (χ3n) is 3.40. The molecule has 1 unspecified atom stereocenters. The molecule has 21 heavy (non-hydrogen) atoms. The quantitative estimate of drug-likeness (QED) is 0.868. The Labute approximate surface area is 126 Å². The number of carbonyl (C=O) groups excluding carboxylic acids is 1. The van der Waals surface area contributed by atoms with Gasteiger partial charge in [0, 0.05) is 17.2 Å². The summed E-state index contributed by atoms with van der Waals surface area (Å²) in [7, 11) is 0. The second-order valence-corrected chi connectivity index (χ2v) is 5.49. The van der Waals surface area contributed by atoms with E-state index in [1.54, 1.807) is 0 Å². The monoisotopic (exact) mass is 315 g/mol. The average molecular weight is 316 g/mol. The number of carboxylic acids is 1. The van der Waals surface area contributed by atoms with Gasteiger partial charge >= 0.3 is 5.97 Å². The maximum absolute atomic E-state index is 13.6. The largest absolute Gasteiger partial charge is 0.481 e. The number of carboxylic acid groups (broad SMARTS) is 1. The van der Waals surface area contributed by atoms with Gasteiger partial charge in [-0.1, -0.05) is 17.7 Å². The predicted molar refractivity (Wildman–Crippen MR) is 73.7 cm³/mol. The van der Waals surface area contributed by atoms with Crippen LogP contribution in [0, 0.1) is 5.82 Å². The fourth-order valence-electron chi connectivity index (χ4n) is 2.38. The SMILES string of the molecule is O=C(O)CC1(NC(=O)Cc2c(F)cccc2Cl)CCOC1. The van der Waals surface area contributed by atoms with Crippen LogP contribution in [0.3, 0.4) is 0 Å². The van der Waals surface area contributed by atoms with Gasteiger partial charge in [-0.25, -0.2) is 4.39 Å². The Balaban J connectivity index is 2.08. The highest BCUT2D eigenvalue weighted by molar-refractivity contribution is 6.31. The van der Waals surface area contributed by atoms with Crippen LogP contribution < -0.4 is 5.32 Å². The molecule has 1 saturated heterocycles. The lowest BCUT2D eigenvalue weighted by atomic mass is 9.94. The van der Waals surface area contributed by atoms with Crippen molar-refractivity contribution in [2.75, 3.05) is 13.2 Å². The summed E-state index contributed by atoms with van der Waals surface area (Å²) in [6.07, 6.45) is -0.0628. The van der Waals surface area contributed by atoms with Crippen LogP contribution in [0.15, 0.2) is 18.2 Å². The van der Waals surface area contributed by atoms with Gasteiger partial charge in [0.2, 0.25) is 5.91 Å². The maximum atomic E-state index is 13.6. The highest BCUT2D eigenvalue weighted by atomic mass is 35.5. The first kappa shape index (κ1) is 15.7. The summed E-state index contributed by atoms with van der Waals surface area (Å²) < 4.78 is 18.8. The zero-order valence-electron chi connectivity index (χ0n) is 11.2. The van der Waals surface area contributed by atoms with E-state index in [1.165, 1.54) is 18.2 Å². The van der Waals surface area contributed by atoms with Gasteiger partial charge in [0.05, 0.1) is 25.0 Å². The molecule has 1 heterocycles. The summed E-state index contributed by atoms with van der Waals surface area (Å²) in [5, 5.41) is 11.8. The fraction of sp³-hybridized carbons (Fsp3) is 0.429. The number of hydrogen-bond donors (Lipinski definition) is 2. The van der Waals surface area contributed by atoms with E-state index in [0.29, 0.717) is 13.0 Å². The molecular formula is C14H15ClFNO4. The summed E-state index contributed by atoms with van der Waals surface area (Å²) in [4.78, 5) is 23.0. The number of nitrogens with one attached hydrogen (secondary N) is 1. The van der Waals surface area contributed by atoms with Gasteiger partial charge in [-0.15, -0.1) is 0 Å². The van der Waals surface area contributed by atoms with E-state index in [-0.39, 0.29) is 30.0 Å². The first-order valence-electron chi connectivity index (χ1n) is 6.45. The van der Waals surface area contributed by atoms with Crippen LogP contribution in [-0.2, 0) is 20.7 Å². The molecule has 7 heteroatoms. The van der Waals surface area contributed by atoms with Gasteiger partial charge in [0.15, 0.2) is 0 Å². The van der Waals surface area contributed by atoms with Crippen LogP contribution in [0.25, 0.3) is 0 Å². The Morgan fingerprint density at radius 2 is 2.24 bits per heavy atom. The summed E-state index contributed by atoms with van der Waals surface area (Å²) in [6.45, 7) is 0.518. The summed E-state index contributed by atoms with van der Waals surface area (Å²) >= 11 is 5.87. The van der Waals surface area contributed by atoms with Crippen LogP contribution in [-0.4, -0.2) is 35.7 Å². The lowest BCUT2D eigenvalue weighted by Crippen LogP contribution is -2.51. The zero-order chi connectivity index (χ0) is 15.5. The third-order valence-corrected chi connectivity index (χ3v) is 3.75. The molecular weight excluding hydrogens is 301 g/mol. The Morgan fingerprint density at radius 1 is 1.48 bits per heavy atom. The Hall–Kier alpha value is -1.66. The predicted octanol–water partition coefficient (Wildman–Crippen LogP) is 1.77. The lowest BCUT2D eigenvalue weighted by Gasteiger charge is -2.27. The number of hydrogen-bond acceptors (Lipinski definition) is 3. The van der Waals surface area contributed by atoms with Crippen molar-refractivity contribution in [2.24, 2.45) is 0 Å². The molecule has 1 aromatic carbocycles. The van der Waals surface area contributed by atoms with Crippen LogP contribution in [0.1, 0.15) is 18.4 Å². The normalized spacial score (nSPS) is 21.2. The standard InChI is InChI=1S/C14H15ClFNO4/c15-10-2-1-3-11(16)9(10)6-12(18)17-14(7-13(19)20)4-5-21-8-14/h1-3H,4-8H2,(H,17,18)(H,19,20). The van der Waals surface area contributed by atoms with E-state index >= 15 is 0 Å². The minimum atomic E-state index is -1.02. The molecule has 1 fully saturated rings. The van der Waals surface area contributed by atoms with Crippen LogP contribution in [0.5, 0.6) is 0 Å². The molecule has 1 aliphatic heterocycles.